The summed E-state index contributed by atoms with van der Waals surface area (Å²) in [6.07, 6.45) is 0.843. The normalized spacial score (nSPS) is 13.0. The van der Waals surface area contributed by atoms with Crippen LogP contribution in [0.3, 0.4) is 0 Å². The van der Waals surface area contributed by atoms with E-state index in [0.717, 1.165) is 6.42 Å². The summed E-state index contributed by atoms with van der Waals surface area (Å²) in [5.74, 6) is -0.858. The second kappa shape index (κ2) is 5.23. The molecule has 0 aliphatic rings. The molecule has 0 aliphatic heterocycles. The first-order valence-electron chi connectivity index (χ1n) is 3.56. The highest BCUT2D eigenvalue weighted by Gasteiger charge is 2.14. The molecule has 0 amide bonds. The Morgan fingerprint density at radius 1 is 1.60 bits per heavy atom. The SMILES string of the molecule is CCC[C@H](OCC)C(=O)O. The molecule has 0 bridgehead atoms. The molecule has 0 aromatic rings. The summed E-state index contributed by atoms with van der Waals surface area (Å²) in [6, 6.07) is 0. The Labute approximate surface area is 61.0 Å². The van der Waals surface area contributed by atoms with Crippen LogP contribution in [0.4, 0.5) is 0 Å². The van der Waals surface area contributed by atoms with Gasteiger partial charge in [-0.25, -0.2) is 4.79 Å². The molecular weight excluding hydrogens is 132 g/mol. The average molecular weight is 146 g/mol. The maximum Gasteiger partial charge on any atom is 0.332 e. The van der Waals surface area contributed by atoms with Gasteiger partial charge in [0.2, 0.25) is 0 Å². The van der Waals surface area contributed by atoms with Crippen molar-refractivity contribution in [3.8, 4) is 0 Å². The number of carboxylic acids is 1. The Balaban J connectivity index is 3.61. The molecule has 0 fully saturated rings. The van der Waals surface area contributed by atoms with Gasteiger partial charge in [-0.2, -0.15) is 0 Å². The van der Waals surface area contributed by atoms with Crippen molar-refractivity contribution in [2.24, 2.45) is 0 Å². The first kappa shape index (κ1) is 9.43. The van der Waals surface area contributed by atoms with Crippen molar-refractivity contribution in [3.05, 3.63) is 0 Å². The summed E-state index contributed by atoms with van der Waals surface area (Å²) in [6.45, 7) is 4.21. The zero-order valence-electron chi connectivity index (χ0n) is 6.46. The topological polar surface area (TPSA) is 46.5 Å². The van der Waals surface area contributed by atoms with E-state index in [1.54, 1.807) is 6.92 Å². The van der Waals surface area contributed by atoms with Crippen LogP contribution >= 0.6 is 0 Å². The van der Waals surface area contributed by atoms with Crippen LogP contribution < -0.4 is 0 Å². The Hall–Kier alpha value is -0.570. The van der Waals surface area contributed by atoms with E-state index in [1.807, 2.05) is 6.92 Å². The number of carbonyl (C=O) groups is 1. The largest absolute Gasteiger partial charge is 0.479 e. The Morgan fingerprint density at radius 3 is 2.50 bits per heavy atom. The lowest BCUT2D eigenvalue weighted by Gasteiger charge is -2.09. The fourth-order valence-corrected chi connectivity index (χ4v) is 0.741. The number of carboxylic acid groups (broad SMARTS) is 1. The molecule has 1 N–H and O–H groups in total. The summed E-state index contributed by atoms with van der Waals surface area (Å²) in [4.78, 5) is 10.4. The molecule has 1 atom stereocenters. The monoisotopic (exact) mass is 146 g/mol. The van der Waals surface area contributed by atoms with E-state index in [4.69, 9.17) is 9.84 Å². The minimum Gasteiger partial charge on any atom is -0.479 e. The predicted molar refractivity (Wildman–Crippen MR) is 38.0 cm³/mol. The second-order valence-corrected chi connectivity index (χ2v) is 2.07. The summed E-state index contributed by atoms with van der Waals surface area (Å²) in [7, 11) is 0. The van der Waals surface area contributed by atoms with Crippen molar-refractivity contribution in [1.82, 2.24) is 0 Å². The number of hydrogen-bond acceptors (Lipinski definition) is 2. The minimum absolute atomic E-state index is 0.469. The summed E-state index contributed by atoms with van der Waals surface area (Å²) >= 11 is 0. The maximum absolute atomic E-state index is 10.4. The molecule has 3 heteroatoms. The molecule has 0 heterocycles. The van der Waals surface area contributed by atoms with Crippen LogP contribution in [0.1, 0.15) is 26.7 Å². The molecule has 3 nitrogen and oxygen atoms in total. The minimum atomic E-state index is -0.858. The van der Waals surface area contributed by atoms with Crippen LogP contribution in [0.5, 0.6) is 0 Å². The van der Waals surface area contributed by atoms with Crippen molar-refractivity contribution < 1.29 is 14.6 Å². The van der Waals surface area contributed by atoms with Crippen molar-refractivity contribution in [2.75, 3.05) is 6.61 Å². The van der Waals surface area contributed by atoms with Gasteiger partial charge in [-0.15, -0.1) is 0 Å². The third-order valence-corrected chi connectivity index (χ3v) is 1.19. The fraction of sp³-hybridized carbons (Fsp3) is 0.857. The van der Waals surface area contributed by atoms with Crippen molar-refractivity contribution >= 4 is 5.97 Å². The van der Waals surface area contributed by atoms with Gasteiger partial charge < -0.3 is 9.84 Å². The third kappa shape index (κ3) is 3.45. The van der Waals surface area contributed by atoms with Gasteiger partial charge >= 0.3 is 5.97 Å². The highest BCUT2D eigenvalue weighted by Crippen LogP contribution is 2.01. The molecule has 0 aliphatic carbocycles. The van der Waals surface area contributed by atoms with Gasteiger partial charge in [-0.1, -0.05) is 13.3 Å². The predicted octanol–water partition coefficient (Wildman–Crippen LogP) is 1.28. The lowest BCUT2D eigenvalue weighted by molar-refractivity contribution is -0.150. The highest BCUT2D eigenvalue weighted by molar-refractivity contribution is 5.72. The lowest BCUT2D eigenvalue weighted by atomic mass is 10.2. The standard InChI is InChI=1S/C7H14O3/c1-3-5-6(7(8)9)10-4-2/h6H,3-5H2,1-2H3,(H,8,9)/t6-/m0/s1. The molecule has 0 aromatic carbocycles. The molecule has 0 unspecified atom stereocenters. The second-order valence-electron chi connectivity index (χ2n) is 2.07. The van der Waals surface area contributed by atoms with Crippen LogP contribution in [-0.2, 0) is 9.53 Å². The Kier molecular flexibility index (Phi) is 4.94. The van der Waals surface area contributed by atoms with Gasteiger partial charge in [0.05, 0.1) is 0 Å². The average Bonchev–Trinajstić information content (AvgIpc) is 1.87. The summed E-state index contributed by atoms with van der Waals surface area (Å²) in [5.41, 5.74) is 0. The first-order valence-corrected chi connectivity index (χ1v) is 3.56. The van der Waals surface area contributed by atoms with Crippen LogP contribution in [0, 0.1) is 0 Å². The number of aliphatic carboxylic acids is 1. The van der Waals surface area contributed by atoms with E-state index in [9.17, 15) is 4.79 Å². The van der Waals surface area contributed by atoms with Gasteiger partial charge in [0.15, 0.2) is 6.10 Å². The fourth-order valence-electron chi connectivity index (χ4n) is 0.741. The highest BCUT2D eigenvalue weighted by atomic mass is 16.5. The molecule has 0 rings (SSSR count). The van der Waals surface area contributed by atoms with Gasteiger partial charge in [0.25, 0.3) is 0 Å². The van der Waals surface area contributed by atoms with E-state index in [0.29, 0.717) is 13.0 Å². The van der Waals surface area contributed by atoms with E-state index >= 15 is 0 Å². The van der Waals surface area contributed by atoms with Crippen molar-refractivity contribution in [1.29, 1.82) is 0 Å². The van der Waals surface area contributed by atoms with Gasteiger partial charge in [0.1, 0.15) is 0 Å². The van der Waals surface area contributed by atoms with Crippen molar-refractivity contribution in [3.63, 3.8) is 0 Å². The zero-order valence-corrected chi connectivity index (χ0v) is 6.46. The van der Waals surface area contributed by atoms with Gasteiger partial charge in [0, 0.05) is 6.61 Å². The maximum atomic E-state index is 10.4. The Morgan fingerprint density at radius 2 is 2.20 bits per heavy atom. The molecule has 0 saturated carbocycles. The van der Waals surface area contributed by atoms with E-state index in [2.05, 4.69) is 0 Å². The quantitative estimate of drug-likeness (QED) is 0.635. The van der Waals surface area contributed by atoms with E-state index < -0.39 is 12.1 Å². The van der Waals surface area contributed by atoms with Crippen LogP contribution in [0.2, 0.25) is 0 Å². The van der Waals surface area contributed by atoms with Gasteiger partial charge in [-0.05, 0) is 13.3 Å². The number of ether oxygens (including phenoxy) is 1. The van der Waals surface area contributed by atoms with Crippen molar-refractivity contribution in [2.45, 2.75) is 32.8 Å². The van der Waals surface area contributed by atoms with E-state index in [1.165, 1.54) is 0 Å². The van der Waals surface area contributed by atoms with Crippen LogP contribution in [-0.4, -0.2) is 23.8 Å². The molecule has 0 aromatic heterocycles. The molecule has 0 saturated heterocycles. The smallest absolute Gasteiger partial charge is 0.332 e. The van der Waals surface area contributed by atoms with Crippen LogP contribution in [0.15, 0.2) is 0 Å². The summed E-state index contributed by atoms with van der Waals surface area (Å²) in [5, 5.41) is 8.51. The summed E-state index contributed by atoms with van der Waals surface area (Å²) < 4.78 is 4.94. The molecule has 0 radical (unpaired) electrons. The first-order chi connectivity index (χ1) is 4.72. The Bertz CT molecular complexity index is 95.0. The number of rotatable bonds is 5. The third-order valence-electron chi connectivity index (χ3n) is 1.19. The van der Waals surface area contributed by atoms with Crippen LogP contribution in [0.25, 0.3) is 0 Å². The molecular formula is C7H14O3. The number of hydrogen-bond donors (Lipinski definition) is 1. The molecule has 60 valence electrons. The van der Waals surface area contributed by atoms with Gasteiger partial charge in [-0.3, -0.25) is 0 Å². The lowest BCUT2D eigenvalue weighted by Crippen LogP contribution is -2.23. The van der Waals surface area contributed by atoms with E-state index in [-0.39, 0.29) is 0 Å². The zero-order chi connectivity index (χ0) is 7.98. The molecule has 10 heavy (non-hydrogen) atoms. The molecule has 0 spiro atoms.